The van der Waals surface area contributed by atoms with Crippen LogP contribution in [0.5, 0.6) is 0 Å². The van der Waals surface area contributed by atoms with Crippen molar-refractivity contribution >= 4 is 17.1 Å². The molecule has 7 nitrogen and oxygen atoms in total. The maximum Gasteiger partial charge on any atom is 0.404 e. The number of aliphatic hydroxyl groups excluding tert-OH is 1. The van der Waals surface area contributed by atoms with Crippen molar-refractivity contribution in [3.8, 4) is 11.3 Å². The van der Waals surface area contributed by atoms with Gasteiger partial charge < -0.3 is 20.1 Å². The van der Waals surface area contributed by atoms with Crippen molar-refractivity contribution < 1.29 is 14.6 Å². The fraction of sp³-hybridized carbons (Fsp3) is 0.316. The Morgan fingerprint density at radius 1 is 1.31 bits per heavy atom. The minimum absolute atomic E-state index is 0.104. The van der Waals surface area contributed by atoms with Gasteiger partial charge in [0.25, 0.3) is 0 Å². The van der Waals surface area contributed by atoms with Crippen LogP contribution in [-0.4, -0.2) is 25.7 Å². The lowest BCUT2D eigenvalue weighted by molar-refractivity contribution is 0.150. The van der Waals surface area contributed by atoms with Gasteiger partial charge in [-0.15, -0.1) is 0 Å². The molecule has 3 aromatic rings. The van der Waals surface area contributed by atoms with Crippen LogP contribution < -0.4 is 5.73 Å². The number of carbonyl (C=O) groups is 1. The van der Waals surface area contributed by atoms with E-state index in [-0.39, 0.29) is 13.2 Å². The van der Waals surface area contributed by atoms with Crippen molar-refractivity contribution in [2.45, 2.75) is 32.6 Å². The highest BCUT2D eigenvalue weighted by atomic mass is 16.5. The fourth-order valence-corrected chi connectivity index (χ4v) is 3.09. The van der Waals surface area contributed by atoms with E-state index >= 15 is 0 Å². The zero-order chi connectivity index (χ0) is 18.1. The number of rotatable bonds is 6. The van der Waals surface area contributed by atoms with E-state index < -0.39 is 6.09 Å². The van der Waals surface area contributed by atoms with Crippen molar-refractivity contribution in [2.24, 2.45) is 11.7 Å². The van der Waals surface area contributed by atoms with Gasteiger partial charge in [0.05, 0.1) is 5.69 Å². The third kappa shape index (κ3) is 3.39. The van der Waals surface area contributed by atoms with Crippen molar-refractivity contribution in [3.63, 3.8) is 0 Å². The van der Waals surface area contributed by atoms with Crippen LogP contribution in [0.4, 0.5) is 4.79 Å². The highest BCUT2D eigenvalue weighted by molar-refractivity contribution is 5.91. The molecule has 1 fully saturated rings. The summed E-state index contributed by atoms with van der Waals surface area (Å²) in [6, 6.07) is 9.60. The number of aromatic nitrogens is 3. The Hall–Kier alpha value is -2.93. The molecule has 7 heteroatoms. The largest absolute Gasteiger partial charge is 0.445 e. The van der Waals surface area contributed by atoms with Crippen molar-refractivity contribution in [3.05, 3.63) is 47.9 Å². The first-order valence-electron chi connectivity index (χ1n) is 8.62. The Bertz CT molecular complexity index is 963. The summed E-state index contributed by atoms with van der Waals surface area (Å²) in [6.07, 6.45) is 3.74. The van der Waals surface area contributed by atoms with Crippen LogP contribution in [0.1, 0.15) is 24.2 Å². The molecule has 1 saturated carbocycles. The molecule has 0 radical (unpaired) electrons. The maximum absolute atomic E-state index is 10.8. The molecule has 0 bridgehead atoms. The SMILES string of the molecule is NC(=O)OCc1cccc(-c2nc(CO)nc3c2ccn3CC2CC2)c1. The number of ether oxygens (including phenoxy) is 1. The number of aliphatic hydroxyl groups is 1. The minimum atomic E-state index is -0.806. The Labute approximate surface area is 150 Å². The predicted molar refractivity (Wildman–Crippen MR) is 96.0 cm³/mol. The van der Waals surface area contributed by atoms with E-state index in [0.29, 0.717) is 5.82 Å². The molecular formula is C19H20N4O3. The van der Waals surface area contributed by atoms with E-state index in [2.05, 4.69) is 14.5 Å². The molecular weight excluding hydrogens is 332 g/mol. The summed E-state index contributed by atoms with van der Waals surface area (Å²) in [4.78, 5) is 19.9. The number of nitrogens with zero attached hydrogens (tertiary/aromatic N) is 3. The molecule has 1 aliphatic carbocycles. The minimum Gasteiger partial charge on any atom is -0.445 e. The highest BCUT2D eigenvalue weighted by Gasteiger charge is 2.23. The van der Waals surface area contributed by atoms with Crippen molar-refractivity contribution in [1.29, 1.82) is 0 Å². The topological polar surface area (TPSA) is 103 Å². The van der Waals surface area contributed by atoms with Gasteiger partial charge in [0.15, 0.2) is 5.82 Å². The van der Waals surface area contributed by atoms with E-state index in [1.54, 1.807) is 0 Å². The quantitative estimate of drug-likeness (QED) is 0.710. The molecule has 2 heterocycles. The zero-order valence-corrected chi connectivity index (χ0v) is 14.3. The van der Waals surface area contributed by atoms with E-state index in [4.69, 9.17) is 10.5 Å². The summed E-state index contributed by atoms with van der Waals surface area (Å²) in [6.45, 7) is 0.826. The van der Waals surface area contributed by atoms with Crippen LogP contribution in [0.25, 0.3) is 22.3 Å². The van der Waals surface area contributed by atoms with Crippen LogP contribution in [0.15, 0.2) is 36.5 Å². The van der Waals surface area contributed by atoms with Gasteiger partial charge in [-0.3, -0.25) is 0 Å². The molecule has 134 valence electrons. The van der Waals surface area contributed by atoms with Gasteiger partial charge in [0, 0.05) is 23.7 Å². The van der Waals surface area contributed by atoms with Gasteiger partial charge in [-0.05, 0) is 36.5 Å². The number of primary amides is 1. The van der Waals surface area contributed by atoms with Gasteiger partial charge in [0.2, 0.25) is 0 Å². The number of fused-ring (bicyclic) bond motifs is 1. The Balaban J connectivity index is 1.76. The number of amides is 1. The standard InChI is InChI=1S/C19H20N4O3/c20-19(25)26-11-13-2-1-3-14(8-13)17-15-6-7-23(9-12-4-5-12)18(15)22-16(10-24)21-17/h1-3,6-8,12,24H,4-5,9-11H2,(H2,20,25). The van der Waals surface area contributed by atoms with Crippen LogP contribution in [0.2, 0.25) is 0 Å². The smallest absolute Gasteiger partial charge is 0.404 e. The summed E-state index contributed by atoms with van der Waals surface area (Å²) in [5.74, 6) is 1.11. The molecule has 0 spiro atoms. The van der Waals surface area contributed by atoms with Gasteiger partial charge in [-0.1, -0.05) is 18.2 Å². The van der Waals surface area contributed by atoms with Crippen LogP contribution in [-0.2, 0) is 24.5 Å². The van der Waals surface area contributed by atoms with Gasteiger partial charge in [-0.25, -0.2) is 14.8 Å². The number of hydrogen-bond acceptors (Lipinski definition) is 5. The fourth-order valence-electron chi connectivity index (χ4n) is 3.09. The highest BCUT2D eigenvalue weighted by Crippen LogP contribution is 2.33. The third-order valence-corrected chi connectivity index (χ3v) is 4.54. The Kier molecular flexibility index (Phi) is 4.30. The molecule has 0 saturated heterocycles. The molecule has 2 aromatic heterocycles. The normalized spacial score (nSPS) is 13.9. The molecule has 0 atom stereocenters. The predicted octanol–water partition coefficient (Wildman–Crippen LogP) is 2.60. The molecule has 4 rings (SSSR count). The second-order valence-electron chi connectivity index (χ2n) is 6.60. The molecule has 26 heavy (non-hydrogen) atoms. The second-order valence-corrected chi connectivity index (χ2v) is 6.60. The monoisotopic (exact) mass is 352 g/mol. The summed E-state index contributed by atoms with van der Waals surface area (Å²) in [5, 5.41) is 10.5. The molecule has 0 aliphatic heterocycles. The Morgan fingerprint density at radius 2 is 2.15 bits per heavy atom. The zero-order valence-electron chi connectivity index (χ0n) is 14.3. The second kappa shape index (κ2) is 6.76. The summed E-state index contributed by atoms with van der Waals surface area (Å²) >= 11 is 0. The first-order chi connectivity index (χ1) is 12.6. The molecule has 3 N–H and O–H groups in total. The lowest BCUT2D eigenvalue weighted by Crippen LogP contribution is -2.12. The van der Waals surface area contributed by atoms with Crippen LogP contribution in [0.3, 0.4) is 0 Å². The van der Waals surface area contributed by atoms with E-state index in [1.165, 1.54) is 12.8 Å². The van der Waals surface area contributed by atoms with E-state index in [9.17, 15) is 9.90 Å². The molecule has 1 amide bonds. The van der Waals surface area contributed by atoms with Gasteiger partial charge in [-0.2, -0.15) is 0 Å². The first-order valence-corrected chi connectivity index (χ1v) is 8.62. The lowest BCUT2D eigenvalue weighted by Gasteiger charge is -2.09. The number of carbonyl (C=O) groups excluding carboxylic acids is 1. The van der Waals surface area contributed by atoms with Gasteiger partial charge >= 0.3 is 6.09 Å². The summed E-state index contributed by atoms with van der Waals surface area (Å²) in [5.41, 5.74) is 8.33. The summed E-state index contributed by atoms with van der Waals surface area (Å²) in [7, 11) is 0. The lowest BCUT2D eigenvalue weighted by atomic mass is 10.1. The third-order valence-electron chi connectivity index (χ3n) is 4.54. The molecule has 1 aliphatic rings. The number of nitrogens with two attached hydrogens (primary N) is 1. The van der Waals surface area contributed by atoms with E-state index in [0.717, 1.165) is 40.3 Å². The summed E-state index contributed by atoms with van der Waals surface area (Å²) < 4.78 is 7.00. The first kappa shape index (κ1) is 16.5. The Morgan fingerprint density at radius 3 is 2.88 bits per heavy atom. The maximum atomic E-state index is 10.8. The molecule has 0 unspecified atom stereocenters. The number of hydrogen-bond donors (Lipinski definition) is 2. The molecule has 1 aromatic carbocycles. The van der Waals surface area contributed by atoms with Crippen LogP contribution >= 0.6 is 0 Å². The average molecular weight is 352 g/mol. The van der Waals surface area contributed by atoms with Crippen LogP contribution in [0, 0.1) is 5.92 Å². The van der Waals surface area contributed by atoms with Crippen molar-refractivity contribution in [2.75, 3.05) is 0 Å². The van der Waals surface area contributed by atoms with Gasteiger partial charge in [0.1, 0.15) is 18.9 Å². The van der Waals surface area contributed by atoms with Crippen molar-refractivity contribution in [1.82, 2.24) is 14.5 Å². The van der Waals surface area contributed by atoms with E-state index in [1.807, 2.05) is 36.5 Å². The average Bonchev–Trinajstić information content (AvgIpc) is 3.38. The number of benzene rings is 1.